The summed E-state index contributed by atoms with van der Waals surface area (Å²) < 4.78 is 12.9. The molecule has 0 aliphatic carbocycles. The fourth-order valence-electron chi connectivity index (χ4n) is 1.02. The van der Waals surface area contributed by atoms with Crippen molar-refractivity contribution >= 4 is 79.6 Å². The first-order valence-corrected chi connectivity index (χ1v) is 13.6. The van der Waals surface area contributed by atoms with Crippen molar-refractivity contribution in [3.05, 3.63) is 0 Å². The standard InChI is InChI=1S/2C4H9NOS2.2C3H8N.Sn/c2*1-5-2-3-6-4(7)8;2*1-3-4-2;/h2*5H,2-3H2,1H3,(H,7,8);2*4H,1,3H2,2H3;/q;;;;+2/p-2. The van der Waals surface area contributed by atoms with E-state index in [1.807, 2.05) is 28.2 Å². The van der Waals surface area contributed by atoms with Crippen molar-refractivity contribution in [1.29, 1.82) is 0 Å². The molecule has 4 N–H and O–H groups in total. The third kappa shape index (κ3) is 45.7. The van der Waals surface area contributed by atoms with E-state index in [2.05, 4.69) is 71.0 Å². The molecule has 0 unspecified atom stereocenters. The van der Waals surface area contributed by atoms with Gasteiger partial charge in [0, 0.05) is 21.9 Å². The third-order valence-electron chi connectivity index (χ3n) is 2.25. The second-order valence-electron chi connectivity index (χ2n) is 4.36. The molecule has 0 atom stereocenters. The van der Waals surface area contributed by atoms with Gasteiger partial charge in [-0.15, -0.1) is 0 Å². The van der Waals surface area contributed by atoms with Crippen LogP contribution in [0.3, 0.4) is 0 Å². The molecule has 0 radical (unpaired) electrons. The maximum atomic E-state index is 4.77. The Morgan fingerprint density at radius 1 is 0.720 bits per heavy atom. The minimum absolute atomic E-state index is 0.0245. The van der Waals surface area contributed by atoms with Crippen molar-refractivity contribution in [2.75, 3.05) is 67.6 Å². The van der Waals surface area contributed by atoms with Gasteiger partial charge in [-0.1, -0.05) is 0 Å². The van der Waals surface area contributed by atoms with Crippen molar-refractivity contribution in [3.63, 3.8) is 0 Å². The number of ether oxygens (including phenoxy) is 2. The monoisotopic (exact) mass is 536 g/mol. The van der Waals surface area contributed by atoms with E-state index in [1.165, 1.54) is 22.0 Å². The van der Waals surface area contributed by atoms with Crippen LogP contribution in [0.2, 0.25) is 8.87 Å². The molecule has 25 heavy (non-hydrogen) atoms. The summed E-state index contributed by atoms with van der Waals surface area (Å²) in [5.74, 6) is 0. The average molecular weight is 535 g/mol. The van der Waals surface area contributed by atoms with E-state index in [0.29, 0.717) is 13.2 Å². The summed E-state index contributed by atoms with van der Waals surface area (Å²) >= 11 is 17.9. The minimum atomic E-state index is 0.0245. The summed E-state index contributed by atoms with van der Waals surface area (Å²) in [7, 11) is 7.74. The molecule has 0 bridgehead atoms. The van der Waals surface area contributed by atoms with Gasteiger partial charge in [-0.2, -0.15) is 0 Å². The van der Waals surface area contributed by atoms with Gasteiger partial charge in [-0.05, 0) is 14.1 Å². The van der Waals surface area contributed by atoms with Gasteiger partial charge >= 0.3 is 67.8 Å². The molecule has 11 heteroatoms. The van der Waals surface area contributed by atoms with Crippen molar-refractivity contribution in [3.8, 4) is 0 Å². The van der Waals surface area contributed by atoms with Gasteiger partial charge in [0.05, 0.1) is 13.2 Å². The molecule has 0 aliphatic heterocycles. The zero-order valence-electron chi connectivity index (χ0n) is 15.6. The fourth-order valence-corrected chi connectivity index (χ4v) is 4.51. The molecule has 0 spiro atoms. The molecule has 0 saturated carbocycles. The van der Waals surface area contributed by atoms with E-state index < -0.39 is 0 Å². The SMILES string of the molecule is CNCCOC(=S)[S-].CNCCOC(=S)[S-].CNC[CH2][Sn+2][CH2]CNC. The molecule has 0 aromatic heterocycles. The van der Waals surface area contributed by atoms with Crippen molar-refractivity contribution in [2.45, 2.75) is 8.87 Å². The zero-order chi connectivity index (χ0) is 19.8. The summed E-state index contributed by atoms with van der Waals surface area (Å²) in [6, 6.07) is 0. The van der Waals surface area contributed by atoms with Gasteiger partial charge in [0.1, 0.15) is 0 Å². The first-order valence-electron chi connectivity index (χ1n) is 7.92. The number of nitrogens with one attached hydrogen (secondary N) is 4. The average Bonchev–Trinajstić information content (AvgIpc) is 2.56. The number of likely N-dealkylation sites (N-methyl/N-ethyl adjacent to an activating group) is 2. The summed E-state index contributed by atoms with van der Waals surface area (Å²) in [6.45, 7) is 5.18. The molecule has 148 valence electrons. The van der Waals surface area contributed by atoms with E-state index in [1.54, 1.807) is 0 Å². The van der Waals surface area contributed by atoms with Crippen LogP contribution in [0.5, 0.6) is 0 Å². The van der Waals surface area contributed by atoms with Crippen LogP contribution in [0.25, 0.3) is 0 Å². The van der Waals surface area contributed by atoms with Gasteiger partial charge in [-0.25, -0.2) is 0 Å². The number of thiocarbonyl (C=S) groups is 2. The van der Waals surface area contributed by atoms with Crippen LogP contribution in [0.4, 0.5) is 0 Å². The van der Waals surface area contributed by atoms with Gasteiger partial charge in [0.2, 0.25) is 0 Å². The Labute approximate surface area is 185 Å². The van der Waals surface area contributed by atoms with E-state index in [-0.39, 0.29) is 29.9 Å². The molecular weight excluding hydrogens is 503 g/mol. The fraction of sp³-hybridized carbons (Fsp3) is 0.857. The predicted octanol–water partition coefficient (Wildman–Crippen LogP) is 0.0744. The van der Waals surface area contributed by atoms with Gasteiger partial charge in [-0.3, -0.25) is 0 Å². The Kier molecular flexibility index (Phi) is 36.2. The normalized spacial score (nSPS) is 8.80. The number of rotatable bonds is 12. The molecule has 0 aromatic rings. The van der Waals surface area contributed by atoms with Crippen LogP contribution in [-0.4, -0.2) is 97.5 Å². The molecular formula is C14H32N4O2S4Sn. The van der Waals surface area contributed by atoms with Crippen LogP contribution < -0.4 is 21.3 Å². The van der Waals surface area contributed by atoms with Gasteiger partial charge in [0.15, 0.2) is 0 Å². The molecule has 0 aromatic carbocycles. The van der Waals surface area contributed by atoms with Crippen LogP contribution >= 0.6 is 24.4 Å². The van der Waals surface area contributed by atoms with E-state index in [9.17, 15) is 0 Å². The summed E-state index contributed by atoms with van der Waals surface area (Å²) in [4.78, 5) is 0. The first kappa shape index (κ1) is 30.6. The molecule has 0 aliphatic rings. The number of hydrogen-bond donors (Lipinski definition) is 4. The van der Waals surface area contributed by atoms with Crippen molar-refractivity contribution in [2.24, 2.45) is 0 Å². The summed E-state index contributed by atoms with van der Waals surface area (Å²) in [6.07, 6.45) is 0. The first-order chi connectivity index (χ1) is 12.0. The second-order valence-corrected chi connectivity index (χ2v) is 10.6. The molecule has 0 amide bonds. The van der Waals surface area contributed by atoms with Crippen LogP contribution in [0.1, 0.15) is 0 Å². The topological polar surface area (TPSA) is 66.6 Å². The Balaban J connectivity index is -0.000000291. The molecule has 0 heterocycles. The molecule has 0 fully saturated rings. The Hall–Kier alpha value is 0.859. The third-order valence-corrected chi connectivity index (χ3v) is 6.16. The zero-order valence-corrected chi connectivity index (χ0v) is 21.7. The van der Waals surface area contributed by atoms with Crippen LogP contribution in [-0.2, 0) is 34.7 Å². The molecule has 6 nitrogen and oxygen atoms in total. The molecule has 0 rings (SSSR count). The molecule has 0 saturated heterocycles. The predicted molar refractivity (Wildman–Crippen MR) is 123 cm³/mol. The van der Waals surface area contributed by atoms with E-state index in [4.69, 9.17) is 9.47 Å². The van der Waals surface area contributed by atoms with Crippen LogP contribution in [0.15, 0.2) is 0 Å². The Morgan fingerprint density at radius 2 is 1.04 bits per heavy atom. The van der Waals surface area contributed by atoms with E-state index in [0.717, 1.165) is 13.1 Å². The second kappa shape index (κ2) is 29.6. The quantitative estimate of drug-likeness (QED) is 0.120. The Morgan fingerprint density at radius 3 is 1.28 bits per heavy atom. The summed E-state index contributed by atoms with van der Waals surface area (Å²) in [5, 5.41) is 12.1. The van der Waals surface area contributed by atoms with Crippen molar-refractivity contribution in [1.82, 2.24) is 21.3 Å². The Bertz CT molecular complexity index is 268. The summed E-state index contributed by atoms with van der Waals surface area (Å²) in [5.41, 5.74) is 0. The number of hydrogen-bond acceptors (Lipinski definition) is 10. The van der Waals surface area contributed by atoms with Crippen LogP contribution in [0, 0.1) is 0 Å². The van der Waals surface area contributed by atoms with Gasteiger partial charge < -0.3 is 69.8 Å². The maximum absolute atomic E-state index is 4.77. The van der Waals surface area contributed by atoms with E-state index >= 15 is 0 Å². The van der Waals surface area contributed by atoms with Gasteiger partial charge in [0.25, 0.3) is 0 Å². The van der Waals surface area contributed by atoms with Crippen molar-refractivity contribution < 1.29 is 9.47 Å².